The van der Waals surface area contributed by atoms with E-state index in [-0.39, 0.29) is 11.9 Å². The van der Waals surface area contributed by atoms with Crippen molar-refractivity contribution < 1.29 is 4.79 Å². The van der Waals surface area contributed by atoms with Gasteiger partial charge in [0.1, 0.15) is 11.0 Å². The van der Waals surface area contributed by atoms with Crippen LogP contribution in [-0.4, -0.2) is 42.1 Å². The zero-order valence-corrected chi connectivity index (χ0v) is 26.8. The van der Waals surface area contributed by atoms with E-state index < -0.39 is 0 Å². The van der Waals surface area contributed by atoms with E-state index in [1.807, 2.05) is 66.7 Å². The lowest BCUT2D eigenvalue weighted by atomic mass is 9.98. The standard InChI is InChI=1S/C37H36ClN5OS/c1-27-11-8-9-18-33(27)42-19-21-43(22-20-42)35-25-34(38)40-37(41-35)45-26-29-14-10-17-31(23-29)36(44)39-32(30-15-6-3-7-16-30)24-28-12-4-2-5-13-28/h2-18,23,25,32H,19-22,24,26H2,1H3,(H,39,44). The van der Waals surface area contributed by atoms with Crippen molar-refractivity contribution in [3.05, 3.63) is 148 Å². The van der Waals surface area contributed by atoms with Gasteiger partial charge in [-0.05, 0) is 53.8 Å². The number of amides is 1. The van der Waals surface area contributed by atoms with E-state index in [0.29, 0.717) is 28.0 Å². The van der Waals surface area contributed by atoms with Gasteiger partial charge in [0, 0.05) is 49.2 Å². The Morgan fingerprint density at radius 3 is 2.22 bits per heavy atom. The van der Waals surface area contributed by atoms with Gasteiger partial charge >= 0.3 is 0 Å². The van der Waals surface area contributed by atoms with Crippen LogP contribution in [-0.2, 0) is 12.2 Å². The summed E-state index contributed by atoms with van der Waals surface area (Å²) in [6.07, 6.45) is 0.710. The highest BCUT2D eigenvalue weighted by molar-refractivity contribution is 7.98. The molecular weight excluding hydrogens is 598 g/mol. The average molecular weight is 634 g/mol. The van der Waals surface area contributed by atoms with Crippen LogP contribution >= 0.6 is 23.4 Å². The Balaban J connectivity index is 1.09. The van der Waals surface area contributed by atoms with E-state index >= 15 is 0 Å². The molecule has 0 aliphatic carbocycles. The maximum Gasteiger partial charge on any atom is 0.251 e. The number of halogens is 1. The van der Waals surface area contributed by atoms with Crippen molar-refractivity contribution in [2.45, 2.75) is 30.3 Å². The number of benzene rings is 4. The van der Waals surface area contributed by atoms with Crippen LogP contribution in [0.25, 0.3) is 0 Å². The predicted octanol–water partition coefficient (Wildman–Crippen LogP) is 7.77. The molecule has 1 N–H and O–H groups in total. The molecule has 0 saturated carbocycles. The van der Waals surface area contributed by atoms with E-state index in [1.54, 1.807) is 0 Å². The van der Waals surface area contributed by atoms with E-state index in [2.05, 4.69) is 75.6 Å². The summed E-state index contributed by atoms with van der Waals surface area (Å²) in [4.78, 5) is 27.5. The lowest BCUT2D eigenvalue weighted by Crippen LogP contribution is -2.47. The summed E-state index contributed by atoms with van der Waals surface area (Å²) >= 11 is 7.99. The van der Waals surface area contributed by atoms with Gasteiger partial charge in [-0.15, -0.1) is 0 Å². The molecule has 228 valence electrons. The van der Waals surface area contributed by atoms with Crippen molar-refractivity contribution in [1.29, 1.82) is 0 Å². The fourth-order valence-electron chi connectivity index (χ4n) is 5.69. The molecule has 1 atom stereocenters. The van der Waals surface area contributed by atoms with E-state index in [0.717, 1.165) is 43.1 Å². The molecular formula is C37H36ClN5OS. The SMILES string of the molecule is Cc1ccccc1N1CCN(c2cc(Cl)nc(SCc3cccc(C(=O)NC(Cc4ccccc4)c4ccccc4)c3)n2)CC1. The molecule has 4 aromatic carbocycles. The normalized spacial score (nSPS) is 13.8. The van der Waals surface area contributed by atoms with Gasteiger partial charge in [-0.3, -0.25) is 4.79 Å². The fourth-order valence-corrected chi connectivity index (χ4v) is 6.71. The molecule has 0 spiro atoms. The molecule has 5 aromatic rings. The molecule has 6 nitrogen and oxygen atoms in total. The molecule has 0 radical (unpaired) electrons. The molecule has 8 heteroatoms. The predicted molar refractivity (Wildman–Crippen MR) is 185 cm³/mol. The van der Waals surface area contributed by atoms with Crippen LogP contribution < -0.4 is 15.1 Å². The molecule has 1 aromatic heterocycles. The number of thioether (sulfide) groups is 1. The summed E-state index contributed by atoms with van der Waals surface area (Å²) in [6, 6.07) is 38.4. The lowest BCUT2D eigenvalue weighted by molar-refractivity contribution is 0.0936. The number of aryl methyl sites for hydroxylation is 1. The third-order valence-electron chi connectivity index (χ3n) is 8.07. The van der Waals surface area contributed by atoms with Gasteiger partial charge < -0.3 is 15.1 Å². The number of piperazine rings is 1. The average Bonchev–Trinajstić information content (AvgIpc) is 3.08. The second kappa shape index (κ2) is 14.6. The highest BCUT2D eigenvalue weighted by Gasteiger charge is 2.21. The van der Waals surface area contributed by atoms with Crippen LogP contribution in [0.15, 0.2) is 120 Å². The van der Waals surface area contributed by atoms with Crippen molar-refractivity contribution in [3.63, 3.8) is 0 Å². The van der Waals surface area contributed by atoms with Crippen LogP contribution in [0.3, 0.4) is 0 Å². The number of carbonyl (C=O) groups is 1. The second-order valence-corrected chi connectivity index (χ2v) is 12.5. The topological polar surface area (TPSA) is 61.4 Å². The maximum atomic E-state index is 13.5. The minimum Gasteiger partial charge on any atom is -0.368 e. The number of para-hydroxylation sites is 1. The third kappa shape index (κ3) is 8.04. The summed E-state index contributed by atoms with van der Waals surface area (Å²) in [5.41, 5.74) is 6.47. The van der Waals surface area contributed by atoms with E-state index in [4.69, 9.17) is 16.6 Å². The monoisotopic (exact) mass is 633 g/mol. The highest BCUT2D eigenvalue weighted by Crippen LogP contribution is 2.27. The molecule has 1 unspecified atom stereocenters. The fraction of sp³-hybridized carbons (Fsp3) is 0.216. The number of aromatic nitrogens is 2. The Morgan fingerprint density at radius 1 is 0.800 bits per heavy atom. The number of hydrogen-bond donors (Lipinski definition) is 1. The highest BCUT2D eigenvalue weighted by atomic mass is 35.5. The van der Waals surface area contributed by atoms with Crippen LogP contribution in [0.5, 0.6) is 0 Å². The Bertz CT molecular complexity index is 1730. The van der Waals surface area contributed by atoms with Gasteiger partial charge in [-0.25, -0.2) is 9.97 Å². The summed E-state index contributed by atoms with van der Waals surface area (Å²) in [5.74, 6) is 1.37. The quantitative estimate of drug-likeness (QED) is 0.0963. The smallest absolute Gasteiger partial charge is 0.251 e. The number of nitrogens with zero attached hydrogens (tertiary/aromatic N) is 4. The molecule has 1 saturated heterocycles. The molecule has 1 aliphatic rings. The van der Waals surface area contributed by atoms with Gasteiger partial charge in [0.25, 0.3) is 5.91 Å². The van der Waals surface area contributed by atoms with Crippen LogP contribution in [0, 0.1) is 6.92 Å². The lowest BCUT2D eigenvalue weighted by Gasteiger charge is -2.37. The molecule has 1 fully saturated rings. The second-order valence-electron chi connectivity index (χ2n) is 11.2. The van der Waals surface area contributed by atoms with Crippen molar-refractivity contribution in [2.75, 3.05) is 36.0 Å². The third-order valence-corrected chi connectivity index (χ3v) is 9.18. The van der Waals surface area contributed by atoms with Crippen molar-refractivity contribution in [1.82, 2.24) is 15.3 Å². The molecule has 1 amide bonds. The number of anilines is 2. The minimum atomic E-state index is -0.143. The number of rotatable bonds is 10. The molecule has 0 bridgehead atoms. The van der Waals surface area contributed by atoms with Crippen LogP contribution in [0.2, 0.25) is 5.15 Å². The zero-order valence-electron chi connectivity index (χ0n) is 25.3. The maximum absolute atomic E-state index is 13.5. The van der Waals surface area contributed by atoms with Crippen LogP contribution in [0.1, 0.15) is 38.7 Å². The van der Waals surface area contributed by atoms with Crippen LogP contribution in [0.4, 0.5) is 11.5 Å². The zero-order chi connectivity index (χ0) is 31.0. The Kier molecular flexibility index (Phi) is 9.98. The molecule has 1 aliphatic heterocycles. The largest absolute Gasteiger partial charge is 0.368 e. The molecule has 6 rings (SSSR count). The van der Waals surface area contributed by atoms with E-state index in [1.165, 1.54) is 28.6 Å². The molecule has 2 heterocycles. The first-order valence-corrected chi connectivity index (χ1v) is 16.6. The Labute approximate surface area is 274 Å². The summed E-state index contributed by atoms with van der Waals surface area (Å²) in [5, 5.41) is 4.33. The van der Waals surface area contributed by atoms with Gasteiger partial charge in [0.15, 0.2) is 5.16 Å². The first-order chi connectivity index (χ1) is 22.0. The Morgan fingerprint density at radius 2 is 1.47 bits per heavy atom. The Hall–Kier alpha value is -4.33. The summed E-state index contributed by atoms with van der Waals surface area (Å²) < 4.78 is 0. The van der Waals surface area contributed by atoms with Gasteiger partial charge in [-0.1, -0.05) is 114 Å². The number of nitrogens with one attached hydrogen (secondary N) is 1. The van der Waals surface area contributed by atoms with Crippen molar-refractivity contribution in [2.24, 2.45) is 0 Å². The summed E-state index contributed by atoms with van der Waals surface area (Å²) in [7, 11) is 0. The van der Waals surface area contributed by atoms with E-state index in [9.17, 15) is 4.79 Å². The molecule has 45 heavy (non-hydrogen) atoms. The van der Waals surface area contributed by atoms with Gasteiger partial charge in [-0.2, -0.15) is 0 Å². The first-order valence-electron chi connectivity index (χ1n) is 15.2. The number of carbonyl (C=O) groups excluding carboxylic acids is 1. The minimum absolute atomic E-state index is 0.0993. The van der Waals surface area contributed by atoms with Gasteiger partial charge in [0.05, 0.1) is 6.04 Å². The van der Waals surface area contributed by atoms with Gasteiger partial charge in [0.2, 0.25) is 0 Å². The summed E-state index contributed by atoms with van der Waals surface area (Å²) in [6.45, 7) is 5.71. The number of hydrogen-bond acceptors (Lipinski definition) is 6. The van der Waals surface area contributed by atoms with Crippen molar-refractivity contribution >= 4 is 40.8 Å². The van der Waals surface area contributed by atoms with Crippen molar-refractivity contribution in [3.8, 4) is 0 Å². The first kappa shape index (κ1) is 30.7.